The number of benzene rings is 2. The van der Waals surface area contributed by atoms with E-state index in [9.17, 15) is 9.59 Å². The zero-order valence-electron chi connectivity index (χ0n) is 20.0. The molecule has 0 spiro atoms. The van der Waals surface area contributed by atoms with Crippen molar-refractivity contribution in [1.29, 1.82) is 0 Å². The van der Waals surface area contributed by atoms with Crippen molar-refractivity contribution in [3.05, 3.63) is 116 Å². The Balaban J connectivity index is 0.000000291. The van der Waals surface area contributed by atoms with Crippen LogP contribution < -0.4 is 11.1 Å². The van der Waals surface area contributed by atoms with Gasteiger partial charge in [0, 0.05) is 27.4 Å². The van der Waals surface area contributed by atoms with Crippen molar-refractivity contribution in [2.75, 3.05) is 13.1 Å². The molecule has 192 valence electrons. The van der Waals surface area contributed by atoms with Crippen LogP contribution in [0.15, 0.2) is 83.6 Å². The van der Waals surface area contributed by atoms with Gasteiger partial charge in [-0.25, -0.2) is 0 Å². The van der Waals surface area contributed by atoms with Crippen molar-refractivity contribution in [3.8, 4) is 0 Å². The summed E-state index contributed by atoms with van der Waals surface area (Å²) in [4.78, 5) is 25.0. The molecule has 0 saturated carbocycles. The summed E-state index contributed by atoms with van der Waals surface area (Å²) in [6.45, 7) is 5.43. The Bertz CT molecular complexity index is 1130. The van der Waals surface area contributed by atoms with Gasteiger partial charge >= 0.3 is 0 Å². The van der Waals surface area contributed by atoms with E-state index >= 15 is 0 Å². The van der Waals surface area contributed by atoms with Gasteiger partial charge in [-0.05, 0) is 92.0 Å². The summed E-state index contributed by atoms with van der Waals surface area (Å²) in [6.07, 6.45) is 1.92. The van der Waals surface area contributed by atoms with Gasteiger partial charge in [0.05, 0.1) is 0 Å². The highest BCUT2D eigenvalue weighted by atomic mass is 35.5. The van der Waals surface area contributed by atoms with Crippen LogP contribution in [-0.4, -0.2) is 24.2 Å². The average Bonchev–Trinajstić information content (AvgIpc) is 3.56. The van der Waals surface area contributed by atoms with E-state index in [2.05, 4.69) is 34.3 Å². The maximum atomic E-state index is 11.8. The molecule has 0 aliphatic carbocycles. The van der Waals surface area contributed by atoms with Crippen molar-refractivity contribution in [2.45, 2.75) is 34.1 Å². The van der Waals surface area contributed by atoms with Gasteiger partial charge < -0.3 is 11.1 Å². The van der Waals surface area contributed by atoms with Gasteiger partial charge in [-0.1, -0.05) is 55.0 Å². The van der Waals surface area contributed by atoms with E-state index in [0.717, 1.165) is 30.5 Å². The predicted octanol–water partition coefficient (Wildman–Crippen LogP) is 7.29. The molecule has 0 radical (unpaired) electrons. The number of nitrogens with two attached hydrogens (primary N) is 1. The Morgan fingerprint density at radius 1 is 0.778 bits per heavy atom. The Morgan fingerprint density at radius 3 is 1.67 bits per heavy atom. The second kappa shape index (κ2) is 17.6. The number of carbonyl (C=O) groups is 2. The minimum Gasteiger partial charge on any atom is -0.352 e. The Morgan fingerprint density at radius 2 is 1.25 bits per heavy atom. The summed E-state index contributed by atoms with van der Waals surface area (Å²) >= 11 is 8.71. The largest absolute Gasteiger partial charge is 0.352 e. The van der Waals surface area contributed by atoms with Crippen molar-refractivity contribution in [1.82, 2.24) is 5.32 Å². The highest BCUT2D eigenvalue weighted by molar-refractivity contribution is 7.10. The lowest BCUT2D eigenvalue weighted by atomic mass is 10.1. The molecule has 0 atom stereocenters. The summed E-state index contributed by atoms with van der Waals surface area (Å²) < 4.78 is 0. The second-order valence-corrected chi connectivity index (χ2v) is 10.1. The van der Waals surface area contributed by atoms with Gasteiger partial charge in [-0.2, -0.15) is 0 Å². The first-order valence-electron chi connectivity index (χ1n) is 11.2. The monoisotopic (exact) mass is 542 g/mol. The van der Waals surface area contributed by atoms with Gasteiger partial charge in [0.1, 0.15) is 0 Å². The summed E-state index contributed by atoms with van der Waals surface area (Å²) in [7, 11) is 0. The number of aryl methyl sites for hydroxylation is 2. The number of hydrogen-bond acceptors (Lipinski definition) is 5. The quantitative estimate of drug-likeness (QED) is 0.241. The molecular formula is C29H35ClN2O2S2. The molecule has 4 nitrogen and oxygen atoms in total. The molecule has 0 aliphatic heterocycles. The molecule has 2 aromatic carbocycles. The molecule has 36 heavy (non-hydrogen) atoms. The van der Waals surface area contributed by atoms with Crippen LogP contribution >= 0.6 is 34.3 Å². The van der Waals surface area contributed by atoms with Crippen LogP contribution in [0.5, 0.6) is 0 Å². The molecule has 0 aliphatic rings. The van der Waals surface area contributed by atoms with Crippen molar-refractivity contribution in [3.63, 3.8) is 0 Å². The molecule has 0 unspecified atom stereocenters. The van der Waals surface area contributed by atoms with Gasteiger partial charge in [0.25, 0.3) is 11.1 Å². The van der Waals surface area contributed by atoms with Crippen LogP contribution in [0.1, 0.15) is 49.0 Å². The zero-order chi connectivity index (χ0) is 25.5. The maximum absolute atomic E-state index is 11.8. The lowest BCUT2D eigenvalue weighted by molar-refractivity contribution is 0.0953. The van der Waals surface area contributed by atoms with Crippen molar-refractivity contribution < 1.29 is 9.59 Å². The molecule has 0 bridgehead atoms. The Labute approximate surface area is 228 Å². The number of nitrogens with one attached hydrogen (secondary N) is 1. The van der Waals surface area contributed by atoms with Crippen LogP contribution in [0.4, 0.5) is 0 Å². The van der Waals surface area contributed by atoms with Crippen molar-refractivity contribution in [2.24, 2.45) is 5.73 Å². The Hall–Kier alpha value is -2.77. The van der Waals surface area contributed by atoms with E-state index in [0.29, 0.717) is 12.1 Å². The highest BCUT2D eigenvalue weighted by Gasteiger charge is 2.04. The standard InChI is InChI=1S/C14H15NOS.C8H7ClO.C6H9NS.CH4/c1-11-4-6-12(7-5-11)14(16)15-9-8-13-3-2-10-17-13;1-6-2-4-7(5-3-6)8(9)10;7-4-3-6-2-1-5-8-6;/h2-7,10H,8-9H2,1H3,(H,15,16);2-5H,1H3;1-2,5H,3-4,7H2;1H4. The molecule has 2 aromatic heterocycles. The van der Waals surface area contributed by atoms with E-state index in [-0.39, 0.29) is 13.3 Å². The third-order valence-corrected chi connectivity index (χ3v) is 6.89. The number of rotatable bonds is 7. The first-order chi connectivity index (χ1) is 16.9. The summed E-state index contributed by atoms with van der Waals surface area (Å²) in [5, 5.41) is 6.65. The Kier molecular flexibility index (Phi) is 15.3. The number of hydrogen-bond donors (Lipinski definition) is 2. The number of thiophene rings is 2. The average molecular weight is 543 g/mol. The summed E-state index contributed by atoms with van der Waals surface area (Å²) in [6, 6.07) is 23.0. The smallest absolute Gasteiger partial charge is 0.252 e. The van der Waals surface area contributed by atoms with Crippen molar-refractivity contribution >= 4 is 45.4 Å². The fraction of sp³-hybridized carbons (Fsp3) is 0.241. The first kappa shape index (κ1) is 31.3. The van der Waals surface area contributed by atoms with Crippen LogP contribution in [0.25, 0.3) is 0 Å². The minimum absolute atomic E-state index is 0. The predicted molar refractivity (Wildman–Crippen MR) is 157 cm³/mol. The second-order valence-electron chi connectivity index (χ2n) is 7.71. The fourth-order valence-corrected chi connectivity index (χ4v) is 4.40. The molecule has 0 saturated heterocycles. The number of carbonyl (C=O) groups excluding carboxylic acids is 2. The van der Waals surface area contributed by atoms with E-state index < -0.39 is 5.24 Å². The van der Waals surface area contributed by atoms with Gasteiger partial charge in [0.2, 0.25) is 0 Å². The van der Waals surface area contributed by atoms with E-state index in [1.54, 1.807) is 34.8 Å². The lowest BCUT2D eigenvalue weighted by Crippen LogP contribution is -2.25. The minimum atomic E-state index is -0.403. The molecule has 1 amide bonds. The molecule has 0 fully saturated rings. The fourth-order valence-electron chi connectivity index (χ4n) is 2.84. The lowest BCUT2D eigenvalue weighted by Gasteiger charge is -2.04. The SMILES string of the molecule is C.Cc1ccc(C(=O)Cl)cc1.Cc1ccc(C(=O)NCCc2cccs2)cc1.NCCc1cccs1. The molecular weight excluding hydrogens is 508 g/mol. The zero-order valence-corrected chi connectivity index (χ0v) is 22.4. The van der Waals surface area contributed by atoms with Gasteiger partial charge in [-0.3, -0.25) is 9.59 Å². The normalized spacial score (nSPS) is 9.56. The van der Waals surface area contributed by atoms with Crippen LogP contribution in [0.2, 0.25) is 0 Å². The first-order valence-corrected chi connectivity index (χ1v) is 13.4. The third-order valence-electron chi connectivity index (χ3n) is 4.80. The highest BCUT2D eigenvalue weighted by Crippen LogP contribution is 2.09. The molecule has 7 heteroatoms. The summed E-state index contributed by atoms with van der Waals surface area (Å²) in [5.74, 6) is 0.00144. The van der Waals surface area contributed by atoms with Crippen LogP contribution in [0.3, 0.4) is 0 Å². The van der Waals surface area contributed by atoms with E-state index in [1.165, 1.54) is 15.3 Å². The topological polar surface area (TPSA) is 72.2 Å². The molecule has 3 N–H and O–H groups in total. The van der Waals surface area contributed by atoms with Gasteiger partial charge in [0.15, 0.2) is 0 Å². The molecule has 4 aromatic rings. The number of halogens is 1. The van der Waals surface area contributed by atoms with Gasteiger partial charge in [-0.15, -0.1) is 22.7 Å². The van der Waals surface area contributed by atoms with E-state index in [4.69, 9.17) is 17.3 Å². The summed E-state index contributed by atoms with van der Waals surface area (Å²) in [5.41, 5.74) is 8.89. The van der Waals surface area contributed by atoms with Crippen LogP contribution in [0, 0.1) is 13.8 Å². The third kappa shape index (κ3) is 12.3. The maximum Gasteiger partial charge on any atom is 0.252 e. The van der Waals surface area contributed by atoms with Crippen LogP contribution in [-0.2, 0) is 12.8 Å². The molecule has 2 heterocycles. The molecule has 4 rings (SSSR count). The van der Waals surface area contributed by atoms with E-state index in [1.807, 2.05) is 56.3 Å². The number of amides is 1.